The maximum absolute atomic E-state index is 13.2. The topological polar surface area (TPSA) is 68.3 Å². The van der Waals surface area contributed by atoms with Gasteiger partial charge in [-0.25, -0.2) is 17.5 Å². The Kier molecular flexibility index (Phi) is 4.31. The molecule has 1 aromatic carbocycles. The second-order valence-corrected chi connectivity index (χ2v) is 5.72. The first kappa shape index (κ1) is 14.4. The van der Waals surface area contributed by atoms with Crippen LogP contribution in [-0.4, -0.2) is 20.5 Å². The van der Waals surface area contributed by atoms with Gasteiger partial charge in [0.05, 0.1) is 7.11 Å². The smallest absolute Gasteiger partial charge is 0.244 e. The monoisotopic (exact) mass is 296 g/mol. The van der Waals surface area contributed by atoms with Gasteiger partial charge in [0.15, 0.2) is 0 Å². The molecule has 1 heterocycles. The largest absolute Gasteiger partial charge is 0.495 e. The molecule has 7 heteroatoms. The Morgan fingerprint density at radius 2 is 2.15 bits per heavy atom. The molecule has 5 nitrogen and oxygen atoms in total. The summed E-state index contributed by atoms with van der Waals surface area (Å²) in [5, 5.41) is 0. The van der Waals surface area contributed by atoms with E-state index >= 15 is 0 Å². The van der Waals surface area contributed by atoms with Crippen molar-refractivity contribution in [2.24, 2.45) is 0 Å². The number of rotatable bonds is 5. The Balaban J connectivity index is 2.24. The lowest BCUT2D eigenvalue weighted by atomic mass is 10.3. The summed E-state index contributed by atoms with van der Waals surface area (Å²) in [5.74, 6) is -0.558. The van der Waals surface area contributed by atoms with Crippen molar-refractivity contribution in [2.75, 3.05) is 7.11 Å². The minimum atomic E-state index is -3.87. The minimum absolute atomic E-state index is 0.0653. The first-order valence-electron chi connectivity index (χ1n) is 5.75. The summed E-state index contributed by atoms with van der Waals surface area (Å²) in [4.78, 5) is 3.65. The van der Waals surface area contributed by atoms with Gasteiger partial charge in [-0.15, -0.1) is 0 Å². The average Bonchev–Trinajstić information content (AvgIpc) is 2.46. The van der Waals surface area contributed by atoms with E-state index in [1.165, 1.54) is 13.2 Å². The van der Waals surface area contributed by atoms with Crippen LogP contribution in [0.15, 0.2) is 47.6 Å². The lowest BCUT2D eigenvalue weighted by molar-refractivity contribution is 0.400. The highest BCUT2D eigenvalue weighted by Gasteiger charge is 2.20. The zero-order chi connectivity index (χ0) is 14.6. The van der Waals surface area contributed by atoms with E-state index in [1.807, 2.05) is 0 Å². The molecule has 0 unspecified atom stereocenters. The second-order valence-electron chi connectivity index (χ2n) is 3.98. The third-order valence-corrected chi connectivity index (χ3v) is 4.03. The summed E-state index contributed by atoms with van der Waals surface area (Å²) < 4.78 is 44.9. The van der Waals surface area contributed by atoms with Crippen LogP contribution in [0.25, 0.3) is 0 Å². The maximum Gasteiger partial charge on any atom is 0.244 e. The van der Waals surface area contributed by atoms with Crippen LogP contribution in [0.1, 0.15) is 5.56 Å². The summed E-state index contributed by atoms with van der Waals surface area (Å²) in [6, 6.07) is 6.77. The normalized spacial score (nSPS) is 11.3. The molecule has 1 aromatic heterocycles. The van der Waals surface area contributed by atoms with E-state index < -0.39 is 15.8 Å². The van der Waals surface area contributed by atoms with Crippen LogP contribution in [0.5, 0.6) is 5.75 Å². The van der Waals surface area contributed by atoms with Gasteiger partial charge in [-0.1, -0.05) is 6.07 Å². The van der Waals surface area contributed by atoms with Crippen LogP contribution in [0.3, 0.4) is 0 Å². The van der Waals surface area contributed by atoms with Crippen molar-refractivity contribution in [2.45, 2.75) is 11.4 Å². The number of methoxy groups -OCH3 is 1. The molecule has 0 saturated heterocycles. The molecule has 1 N–H and O–H groups in total. The van der Waals surface area contributed by atoms with Crippen molar-refractivity contribution >= 4 is 10.0 Å². The average molecular weight is 296 g/mol. The third-order valence-electron chi connectivity index (χ3n) is 2.60. The van der Waals surface area contributed by atoms with E-state index in [9.17, 15) is 12.8 Å². The first-order chi connectivity index (χ1) is 9.53. The molecule has 0 bridgehead atoms. The SMILES string of the molecule is COc1ccc(F)cc1S(=O)(=O)NCc1cccnc1. The van der Waals surface area contributed by atoms with Crippen LogP contribution < -0.4 is 9.46 Å². The highest BCUT2D eigenvalue weighted by molar-refractivity contribution is 7.89. The molecule has 0 aliphatic rings. The number of hydrogen-bond acceptors (Lipinski definition) is 4. The molecule has 0 saturated carbocycles. The molecule has 20 heavy (non-hydrogen) atoms. The van der Waals surface area contributed by atoms with Gasteiger partial charge in [-0.05, 0) is 29.8 Å². The lowest BCUT2D eigenvalue weighted by Crippen LogP contribution is -2.24. The number of nitrogens with one attached hydrogen (secondary N) is 1. The van der Waals surface area contributed by atoms with Crippen LogP contribution in [-0.2, 0) is 16.6 Å². The number of ether oxygens (including phenoxy) is 1. The van der Waals surface area contributed by atoms with Gasteiger partial charge in [0.25, 0.3) is 0 Å². The zero-order valence-corrected chi connectivity index (χ0v) is 11.5. The Hall–Kier alpha value is -1.99. The van der Waals surface area contributed by atoms with Gasteiger partial charge >= 0.3 is 0 Å². The highest BCUT2D eigenvalue weighted by Crippen LogP contribution is 2.24. The van der Waals surface area contributed by atoms with Gasteiger partial charge < -0.3 is 4.74 Å². The molecular weight excluding hydrogens is 283 g/mol. The number of benzene rings is 1. The van der Waals surface area contributed by atoms with E-state index in [1.54, 1.807) is 24.5 Å². The summed E-state index contributed by atoms with van der Waals surface area (Å²) in [7, 11) is -2.54. The van der Waals surface area contributed by atoms with E-state index in [2.05, 4.69) is 9.71 Å². The fraction of sp³-hybridized carbons (Fsp3) is 0.154. The van der Waals surface area contributed by atoms with Crippen molar-refractivity contribution in [1.82, 2.24) is 9.71 Å². The van der Waals surface area contributed by atoms with Gasteiger partial charge in [0.1, 0.15) is 16.5 Å². The summed E-state index contributed by atoms with van der Waals surface area (Å²) in [5.41, 5.74) is 0.700. The molecule has 0 spiro atoms. The van der Waals surface area contributed by atoms with Crippen LogP contribution in [0, 0.1) is 5.82 Å². The van der Waals surface area contributed by atoms with E-state index in [-0.39, 0.29) is 17.2 Å². The zero-order valence-electron chi connectivity index (χ0n) is 10.7. The molecular formula is C13H13FN2O3S. The molecule has 106 valence electrons. The molecule has 2 aromatic rings. The maximum atomic E-state index is 13.2. The first-order valence-corrected chi connectivity index (χ1v) is 7.23. The van der Waals surface area contributed by atoms with Crippen LogP contribution in [0.4, 0.5) is 4.39 Å². The van der Waals surface area contributed by atoms with E-state index in [0.29, 0.717) is 5.56 Å². The number of hydrogen-bond donors (Lipinski definition) is 1. The Morgan fingerprint density at radius 3 is 2.80 bits per heavy atom. The molecule has 0 radical (unpaired) electrons. The fourth-order valence-corrected chi connectivity index (χ4v) is 2.82. The van der Waals surface area contributed by atoms with Gasteiger partial charge in [0, 0.05) is 18.9 Å². The van der Waals surface area contributed by atoms with Gasteiger partial charge in [-0.3, -0.25) is 4.98 Å². The molecule has 2 rings (SSSR count). The molecule has 0 aliphatic carbocycles. The molecule has 0 fully saturated rings. The molecule has 0 aliphatic heterocycles. The van der Waals surface area contributed by atoms with Crippen molar-refractivity contribution < 1.29 is 17.5 Å². The van der Waals surface area contributed by atoms with E-state index in [4.69, 9.17) is 4.74 Å². The number of nitrogens with zero attached hydrogens (tertiary/aromatic N) is 1. The van der Waals surface area contributed by atoms with Crippen molar-refractivity contribution in [3.63, 3.8) is 0 Å². The Bertz CT molecular complexity index is 690. The summed E-state index contributed by atoms with van der Waals surface area (Å²) >= 11 is 0. The lowest BCUT2D eigenvalue weighted by Gasteiger charge is -2.10. The number of sulfonamides is 1. The summed E-state index contributed by atoms with van der Waals surface area (Å²) in [6.07, 6.45) is 3.14. The fourth-order valence-electron chi connectivity index (χ4n) is 1.62. The predicted octanol–water partition coefficient (Wildman–Crippen LogP) is 1.71. The van der Waals surface area contributed by atoms with E-state index in [0.717, 1.165) is 12.1 Å². The molecule has 0 amide bonds. The minimum Gasteiger partial charge on any atom is -0.495 e. The summed E-state index contributed by atoms with van der Waals surface area (Å²) in [6.45, 7) is 0.0653. The molecule has 0 atom stereocenters. The van der Waals surface area contributed by atoms with Crippen LogP contribution >= 0.6 is 0 Å². The van der Waals surface area contributed by atoms with Gasteiger partial charge in [-0.2, -0.15) is 0 Å². The van der Waals surface area contributed by atoms with Gasteiger partial charge in [0.2, 0.25) is 10.0 Å². The van der Waals surface area contributed by atoms with Crippen molar-refractivity contribution in [1.29, 1.82) is 0 Å². The Morgan fingerprint density at radius 1 is 1.35 bits per heavy atom. The number of halogens is 1. The van der Waals surface area contributed by atoms with Crippen LogP contribution in [0.2, 0.25) is 0 Å². The van der Waals surface area contributed by atoms with Crippen molar-refractivity contribution in [3.8, 4) is 5.75 Å². The quantitative estimate of drug-likeness (QED) is 0.912. The third kappa shape index (κ3) is 3.31. The second kappa shape index (κ2) is 5.98. The highest BCUT2D eigenvalue weighted by atomic mass is 32.2. The predicted molar refractivity (Wildman–Crippen MR) is 71.2 cm³/mol. The van der Waals surface area contributed by atoms with Crippen molar-refractivity contribution in [3.05, 3.63) is 54.1 Å². The number of aromatic nitrogens is 1. The standard InChI is InChI=1S/C13H13FN2O3S/c1-19-12-5-4-11(14)7-13(12)20(17,18)16-9-10-3-2-6-15-8-10/h2-8,16H,9H2,1H3. The Labute approximate surface area is 116 Å². The number of pyridine rings is 1.